The van der Waals surface area contributed by atoms with Crippen molar-refractivity contribution in [3.8, 4) is 0 Å². The molecule has 1 saturated heterocycles. The first-order chi connectivity index (χ1) is 13.1. The van der Waals surface area contributed by atoms with Gasteiger partial charge in [-0.1, -0.05) is 12.1 Å². The summed E-state index contributed by atoms with van der Waals surface area (Å²) in [6.07, 6.45) is -4.47. The lowest BCUT2D eigenvalue weighted by molar-refractivity contribution is -0.140. The van der Waals surface area contributed by atoms with E-state index in [4.69, 9.17) is 0 Å². The summed E-state index contributed by atoms with van der Waals surface area (Å²) in [7, 11) is -4.34. The Morgan fingerprint density at radius 3 is 2.32 bits per heavy atom. The third kappa shape index (κ3) is 5.22. The second-order valence-electron chi connectivity index (χ2n) is 6.34. The van der Waals surface area contributed by atoms with E-state index in [2.05, 4.69) is 10.6 Å². The number of hydrogen-bond acceptors (Lipinski definition) is 4. The van der Waals surface area contributed by atoms with Crippen molar-refractivity contribution in [1.82, 2.24) is 14.9 Å². The zero-order valence-corrected chi connectivity index (χ0v) is 16.1. The van der Waals surface area contributed by atoms with Gasteiger partial charge in [0.05, 0.1) is 17.0 Å². The average Bonchev–Trinajstić information content (AvgIpc) is 2.66. The van der Waals surface area contributed by atoms with Crippen molar-refractivity contribution < 1.29 is 31.2 Å². The second-order valence-corrected chi connectivity index (χ2v) is 8.25. The Bertz CT molecular complexity index is 819. The molecule has 1 fully saturated rings. The van der Waals surface area contributed by atoms with Crippen LogP contribution in [0.3, 0.4) is 0 Å². The zero-order chi connectivity index (χ0) is 20.9. The highest BCUT2D eigenvalue weighted by Gasteiger charge is 2.40. The number of sulfonamides is 1. The molecular formula is C17H22F3N3O4S. The molecule has 0 spiro atoms. The number of benzene rings is 1. The predicted octanol–water partition coefficient (Wildman–Crippen LogP) is 1.36. The molecular weight excluding hydrogens is 399 g/mol. The standard InChI is InChI=1S/C17H22F3N3O4S/c1-2-21-15(24)11-22-16(25)12-7-9-23(10-8-12)28(26,27)14-6-4-3-5-13(14)17(18,19)20/h3-6,12H,2,7-11H2,1H3,(H,21,24)(H,22,25). The number of hydrogen-bond donors (Lipinski definition) is 2. The molecule has 1 aromatic carbocycles. The van der Waals surface area contributed by atoms with E-state index in [0.29, 0.717) is 6.54 Å². The van der Waals surface area contributed by atoms with Crippen molar-refractivity contribution in [2.45, 2.75) is 30.8 Å². The molecule has 1 aromatic rings. The highest BCUT2D eigenvalue weighted by molar-refractivity contribution is 7.89. The van der Waals surface area contributed by atoms with Gasteiger partial charge in [0, 0.05) is 25.6 Å². The van der Waals surface area contributed by atoms with Gasteiger partial charge in [-0.3, -0.25) is 9.59 Å². The van der Waals surface area contributed by atoms with Crippen molar-refractivity contribution in [2.75, 3.05) is 26.2 Å². The van der Waals surface area contributed by atoms with Gasteiger partial charge in [0.2, 0.25) is 21.8 Å². The Kier molecular flexibility index (Phi) is 7.05. The molecule has 1 heterocycles. The van der Waals surface area contributed by atoms with Crippen LogP contribution in [0.1, 0.15) is 25.3 Å². The molecule has 0 radical (unpaired) electrons. The number of carbonyl (C=O) groups is 2. The molecule has 2 rings (SSSR count). The fourth-order valence-corrected chi connectivity index (χ4v) is 4.68. The summed E-state index contributed by atoms with van der Waals surface area (Å²) >= 11 is 0. The maximum atomic E-state index is 13.2. The molecule has 0 unspecified atom stereocenters. The van der Waals surface area contributed by atoms with E-state index < -0.39 is 32.6 Å². The highest BCUT2D eigenvalue weighted by atomic mass is 32.2. The molecule has 2 N–H and O–H groups in total. The maximum absolute atomic E-state index is 13.2. The van der Waals surface area contributed by atoms with Gasteiger partial charge in [0.1, 0.15) is 0 Å². The van der Waals surface area contributed by atoms with E-state index in [1.165, 1.54) is 6.07 Å². The van der Waals surface area contributed by atoms with Crippen molar-refractivity contribution in [3.63, 3.8) is 0 Å². The summed E-state index contributed by atoms with van der Waals surface area (Å²) in [5, 5.41) is 5.02. The number of halogens is 3. The van der Waals surface area contributed by atoms with Crippen molar-refractivity contribution in [2.24, 2.45) is 5.92 Å². The Hall–Kier alpha value is -2.14. The van der Waals surface area contributed by atoms with Crippen molar-refractivity contribution >= 4 is 21.8 Å². The summed E-state index contributed by atoms with van der Waals surface area (Å²) < 4.78 is 65.8. The quantitative estimate of drug-likeness (QED) is 0.725. The first kappa shape index (κ1) is 22.2. The van der Waals surface area contributed by atoms with Crippen LogP contribution in [0.25, 0.3) is 0 Å². The van der Waals surface area contributed by atoms with Gasteiger partial charge in [0.25, 0.3) is 0 Å². The van der Waals surface area contributed by atoms with Crippen LogP contribution in [0.2, 0.25) is 0 Å². The third-order valence-electron chi connectivity index (χ3n) is 4.43. The number of rotatable bonds is 6. The fourth-order valence-electron chi connectivity index (χ4n) is 2.99. The van der Waals surface area contributed by atoms with Crippen LogP contribution in [-0.4, -0.2) is 50.7 Å². The monoisotopic (exact) mass is 421 g/mol. The van der Waals surface area contributed by atoms with Crippen LogP contribution < -0.4 is 10.6 Å². The molecule has 7 nitrogen and oxygen atoms in total. The normalized spacial score (nSPS) is 16.6. The van der Waals surface area contributed by atoms with Crippen LogP contribution in [0, 0.1) is 5.92 Å². The fraction of sp³-hybridized carbons (Fsp3) is 0.529. The lowest BCUT2D eigenvalue weighted by Crippen LogP contribution is -2.45. The van der Waals surface area contributed by atoms with E-state index in [9.17, 15) is 31.2 Å². The molecule has 28 heavy (non-hydrogen) atoms. The summed E-state index contributed by atoms with van der Waals surface area (Å²) in [5.74, 6) is -1.21. The van der Waals surface area contributed by atoms with E-state index in [1.54, 1.807) is 6.92 Å². The summed E-state index contributed by atoms with van der Waals surface area (Å²) in [4.78, 5) is 22.7. The SMILES string of the molecule is CCNC(=O)CNC(=O)C1CCN(S(=O)(=O)c2ccccc2C(F)(F)F)CC1. The Balaban J connectivity index is 2.03. The minimum atomic E-state index is -4.79. The Labute approximate surface area is 161 Å². The maximum Gasteiger partial charge on any atom is 0.417 e. The van der Waals surface area contributed by atoms with Gasteiger partial charge in [0.15, 0.2) is 0 Å². The largest absolute Gasteiger partial charge is 0.417 e. The second kappa shape index (κ2) is 8.91. The Morgan fingerprint density at radius 2 is 1.75 bits per heavy atom. The van der Waals surface area contributed by atoms with Gasteiger partial charge < -0.3 is 10.6 Å². The molecule has 0 saturated carbocycles. The van der Waals surface area contributed by atoms with E-state index >= 15 is 0 Å². The molecule has 0 atom stereocenters. The lowest BCUT2D eigenvalue weighted by Gasteiger charge is -2.31. The number of alkyl halides is 3. The summed E-state index contributed by atoms with van der Waals surface area (Å²) in [6, 6.07) is 4.04. The topological polar surface area (TPSA) is 95.6 Å². The van der Waals surface area contributed by atoms with E-state index in [0.717, 1.165) is 22.5 Å². The molecule has 11 heteroatoms. The predicted molar refractivity (Wildman–Crippen MR) is 94.6 cm³/mol. The molecule has 0 aromatic heterocycles. The summed E-state index contributed by atoms with van der Waals surface area (Å²) in [5.41, 5.74) is -1.21. The van der Waals surface area contributed by atoms with Gasteiger partial charge in [-0.25, -0.2) is 8.42 Å². The third-order valence-corrected chi connectivity index (χ3v) is 6.39. The number of nitrogens with zero attached hydrogens (tertiary/aromatic N) is 1. The van der Waals surface area contributed by atoms with Gasteiger partial charge >= 0.3 is 6.18 Å². The first-order valence-electron chi connectivity index (χ1n) is 8.78. The van der Waals surface area contributed by atoms with Crippen LogP contribution in [0.5, 0.6) is 0 Å². The van der Waals surface area contributed by atoms with Crippen LogP contribution >= 0.6 is 0 Å². The molecule has 1 aliphatic rings. The average molecular weight is 421 g/mol. The van der Waals surface area contributed by atoms with Gasteiger partial charge in [-0.05, 0) is 31.9 Å². The zero-order valence-electron chi connectivity index (χ0n) is 15.3. The van der Waals surface area contributed by atoms with Crippen LogP contribution in [0.4, 0.5) is 13.2 Å². The van der Waals surface area contributed by atoms with Crippen LogP contribution in [-0.2, 0) is 25.8 Å². The van der Waals surface area contributed by atoms with E-state index in [-0.39, 0.29) is 44.3 Å². The minimum absolute atomic E-state index is 0.0756. The summed E-state index contributed by atoms with van der Waals surface area (Å²) in [6.45, 7) is 1.85. The highest BCUT2D eigenvalue weighted by Crippen LogP contribution is 2.36. The van der Waals surface area contributed by atoms with Crippen molar-refractivity contribution in [1.29, 1.82) is 0 Å². The van der Waals surface area contributed by atoms with Gasteiger partial charge in [-0.15, -0.1) is 0 Å². The minimum Gasteiger partial charge on any atom is -0.355 e. The molecule has 0 aliphatic carbocycles. The number of piperidine rings is 1. The molecule has 2 amide bonds. The van der Waals surface area contributed by atoms with Crippen LogP contribution in [0.15, 0.2) is 29.2 Å². The number of carbonyl (C=O) groups excluding carboxylic acids is 2. The molecule has 0 bridgehead atoms. The number of likely N-dealkylation sites (N-methyl/N-ethyl adjacent to an activating group) is 1. The number of amides is 2. The van der Waals surface area contributed by atoms with Gasteiger partial charge in [-0.2, -0.15) is 17.5 Å². The lowest BCUT2D eigenvalue weighted by atomic mass is 9.97. The number of nitrogens with one attached hydrogen (secondary N) is 2. The molecule has 156 valence electrons. The Morgan fingerprint density at radius 1 is 1.14 bits per heavy atom. The first-order valence-corrected chi connectivity index (χ1v) is 10.2. The smallest absolute Gasteiger partial charge is 0.355 e. The van der Waals surface area contributed by atoms with E-state index in [1.807, 2.05) is 0 Å². The van der Waals surface area contributed by atoms with Crippen molar-refractivity contribution in [3.05, 3.63) is 29.8 Å². The molecule has 1 aliphatic heterocycles.